The number of likely N-dealkylation sites (tertiary alicyclic amines) is 1. The highest BCUT2D eigenvalue weighted by atomic mass is 16.5. The molecule has 0 aromatic carbocycles. The van der Waals surface area contributed by atoms with E-state index in [0.29, 0.717) is 5.41 Å². The van der Waals surface area contributed by atoms with Crippen molar-refractivity contribution in [2.75, 3.05) is 39.4 Å². The minimum Gasteiger partial charge on any atom is -0.381 e. The van der Waals surface area contributed by atoms with Gasteiger partial charge in [-0.3, -0.25) is 4.99 Å². The van der Waals surface area contributed by atoms with Crippen molar-refractivity contribution in [3.63, 3.8) is 0 Å². The lowest BCUT2D eigenvalue weighted by molar-refractivity contribution is 0.156. The van der Waals surface area contributed by atoms with Gasteiger partial charge in [0, 0.05) is 38.2 Å². The van der Waals surface area contributed by atoms with Crippen molar-refractivity contribution in [2.24, 2.45) is 10.4 Å². The van der Waals surface area contributed by atoms with Crippen molar-refractivity contribution < 1.29 is 4.74 Å². The van der Waals surface area contributed by atoms with Gasteiger partial charge >= 0.3 is 0 Å². The first-order valence-corrected chi connectivity index (χ1v) is 6.41. The van der Waals surface area contributed by atoms with E-state index in [1.807, 2.05) is 0 Å². The summed E-state index contributed by atoms with van der Waals surface area (Å²) in [6.45, 7) is 10.1. The molecule has 92 valence electrons. The van der Waals surface area contributed by atoms with Gasteiger partial charge in [0.1, 0.15) is 0 Å². The summed E-state index contributed by atoms with van der Waals surface area (Å²) < 4.78 is 5.54. The van der Waals surface area contributed by atoms with Crippen LogP contribution in [0.3, 0.4) is 0 Å². The van der Waals surface area contributed by atoms with Gasteiger partial charge in [-0.25, -0.2) is 0 Å². The maximum absolute atomic E-state index is 5.54. The first-order valence-electron chi connectivity index (χ1n) is 6.41. The van der Waals surface area contributed by atoms with Gasteiger partial charge in [-0.15, -0.1) is 0 Å². The highest BCUT2D eigenvalue weighted by Crippen LogP contribution is 2.38. The van der Waals surface area contributed by atoms with Gasteiger partial charge in [-0.05, 0) is 26.7 Å². The standard InChI is InChI=1S/C12H23N3O/c1-3-13-11(14-4-2)15-7-5-12(9-15)6-8-16-10-12/h3-10H2,1-2H3,(H,13,14). The molecule has 2 heterocycles. The van der Waals surface area contributed by atoms with Crippen LogP contribution in [0.4, 0.5) is 0 Å². The van der Waals surface area contributed by atoms with Crippen LogP contribution >= 0.6 is 0 Å². The minimum atomic E-state index is 0.421. The fraction of sp³-hybridized carbons (Fsp3) is 0.917. The average molecular weight is 225 g/mol. The second kappa shape index (κ2) is 5.04. The molecule has 1 unspecified atom stereocenters. The van der Waals surface area contributed by atoms with Gasteiger partial charge in [0.2, 0.25) is 0 Å². The first-order chi connectivity index (χ1) is 7.79. The summed E-state index contributed by atoms with van der Waals surface area (Å²) in [5.74, 6) is 1.08. The molecule has 2 aliphatic heterocycles. The molecule has 16 heavy (non-hydrogen) atoms. The van der Waals surface area contributed by atoms with Crippen LogP contribution in [0.15, 0.2) is 4.99 Å². The topological polar surface area (TPSA) is 36.9 Å². The molecule has 0 amide bonds. The van der Waals surface area contributed by atoms with E-state index in [1.165, 1.54) is 12.8 Å². The van der Waals surface area contributed by atoms with Gasteiger partial charge in [0.05, 0.1) is 6.61 Å². The van der Waals surface area contributed by atoms with Crippen molar-refractivity contribution in [1.82, 2.24) is 10.2 Å². The molecule has 0 radical (unpaired) electrons. The maximum atomic E-state index is 5.54. The molecule has 0 aromatic heterocycles. The third kappa shape index (κ3) is 2.32. The number of nitrogens with one attached hydrogen (secondary N) is 1. The fourth-order valence-corrected chi connectivity index (χ4v) is 2.66. The van der Waals surface area contributed by atoms with E-state index < -0.39 is 0 Å². The monoisotopic (exact) mass is 225 g/mol. The summed E-state index contributed by atoms with van der Waals surface area (Å²) in [4.78, 5) is 6.93. The number of hydrogen-bond acceptors (Lipinski definition) is 2. The fourth-order valence-electron chi connectivity index (χ4n) is 2.66. The molecule has 0 bridgehead atoms. The quantitative estimate of drug-likeness (QED) is 0.564. The van der Waals surface area contributed by atoms with Crippen molar-refractivity contribution in [1.29, 1.82) is 0 Å². The molecule has 1 atom stereocenters. The molecule has 0 aromatic rings. The lowest BCUT2D eigenvalue weighted by atomic mass is 9.87. The summed E-state index contributed by atoms with van der Waals surface area (Å²) in [6.07, 6.45) is 2.47. The van der Waals surface area contributed by atoms with Crippen LogP contribution in [0.1, 0.15) is 26.7 Å². The van der Waals surface area contributed by atoms with E-state index in [4.69, 9.17) is 4.74 Å². The molecule has 2 aliphatic rings. The Kier molecular flexibility index (Phi) is 3.69. The first kappa shape index (κ1) is 11.7. The number of hydrogen-bond donors (Lipinski definition) is 1. The Morgan fingerprint density at radius 1 is 1.44 bits per heavy atom. The number of nitrogens with zero attached hydrogens (tertiary/aromatic N) is 2. The molecule has 4 heteroatoms. The zero-order valence-electron chi connectivity index (χ0n) is 10.5. The Bertz CT molecular complexity index is 259. The van der Waals surface area contributed by atoms with Gasteiger partial charge in [-0.1, -0.05) is 0 Å². The van der Waals surface area contributed by atoms with Crippen LogP contribution in [0.25, 0.3) is 0 Å². The van der Waals surface area contributed by atoms with Crippen molar-refractivity contribution in [2.45, 2.75) is 26.7 Å². The van der Waals surface area contributed by atoms with Gasteiger partial charge < -0.3 is 15.0 Å². The number of ether oxygens (including phenoxy) is 1. The molecule has 2 rings (SSSR count). The van der Waals surface area contributed by atoms with E-state index in [9.17, 15) is 0 Å². The second-order valence-electron chi connectivity index (χ2n) is 4.80. The lowest BCUT2D eigenvalue weighted by Crippen LogP contribution is -2.41. The molecule has 0 saturated carbocycles. The predicted molar refractivity (Wildman–Crippen MR) is 65.7 cm³/mol. The molecule has 2 saturated heterocycles. The molecule has 1 N–H and O–H groups in total. The smallest absolute Gasteiger partial charge is 0.193 e. The third-order valence-corrected chi connectivity index (χ3v) is 3.57. The Balaban J connectivity index is 1.98. The predicted octanol–water partition coefficient (Wildman–Crippen LogP) is 1.08. The Morgan fingerprint density at radius 2 is 2.31 bits per heavy atom. The van der Waals surface area contributed by atoms with Crippen LogP contribution in [-0.2, 0) is 4.74 Å². The Morgan fingerprint density at radius 3 is 2.94 bits per heavy atom. The molecular formula is C12H23N3O. The Hall–Kier alpha value is -0.770. The molecule has 1 spiro atoms. The summed E-state index contributed by atoms with van der Waals surface area (Å²) in [5, 5.41) is 3.37. The lowest BCUT2D eigenvalue weighted by Gasteiger charge is -2.24. The molecule has 4 nitrogen and oxygen atoms in total. The van der Waals surface area contributed by atoms with Gasteiger partial charge in [0.15, 0.2) is 5.96 Å². The van der Waals surface area contributed by atoms with Crippen LogP contribution < -0.4 is 5.32 Å². The van der Waals surface area contributed by atoms with E-state index in [-0.39, 0.29) is 0 Å². The molecular weight excluding hydrogens is 202 g/mol. The third-order valence-electron chi connectivity index (χ3n) is 3.57. The van der Waals surface area contributed by atoms with Crippen LogP contribution in [-0.4, -0.2) is 50.3 Å². The number of aliphatic imine (C=N–C) groups is 1. The Labute approximate surface area is 98.1 Å². The van der Waals surface area contributed by atoms with E-state index in [2.05, 4.69) is 29.1 Å². The largest absolute Gasteiger partial charge is 0.381 e. The normalized spacial score (nSPS) is 30.4. The average Bonchev–Trinajstić information content (AvgIpc) is 2.90. The van der Waals surface area contributed by atoms with E-state index in [1.54, 1.807) is 0 Å². The zero-order valence-corrected chi connectivity index (χ0v) is 10.5. The van der Waals surface area contributed by atoms with Crippen LogP contribution in [0.5, 0.6) is 0 Å². The summed E-state index contributed by atoms with van der Waals surface area (Å²) in [6, 6.07) is 0. The summed E-state index contributed by atoms with van der Waals surface area (Å²) >= 11 is 0. The SMILES string of the molecule is CCN=C(NCC)N1CCC2(CCOC2)C1. The van der Waals surface area contributed by atoms with Gasteiger partial charge in [-0.2, -0.15) is 0 Å². The summed E-state index contributed by atoms with van der Waals surface area (Å²) in [5.41, 5.74) is 0.421. The minimum absolute atomic E-state index is 0.421. The second-order valence-corrected chi connectivity index (χ2v) is 4.80. The van der Waals surface area contributed by atoms with Crippen molar-refractivity contribution in [3.8, 4) is 0 Å². The maximum Gasteiger partial charge on any atom is 0.193 e. The number of guanidine groups is 1. The van der Waals surface area contributed by atoms with E-state index in [0.717, 1.165) is 45.4 Å². The zero-order chi connectivity index (χ0) is 11.4. The van der Waals surface area contributed by atoms with Crippen molar-refractivity contribution in [3.05, 3.63) is 0 Å². The summed E-state index contributed by atoms with van der Waals surface area (Å²) in [7, 11) is 0. The van der Waals surface area contributed by atoms with Crippen molar-refractivity contribution >= 4 is 5.96 Å². The highest BCUT2D eigenvalue weighted by Gasteiger charge is 2.42. The highest BCUT2D eigenvalue weighted by molar-refractivity contribution is 5.80. The van der Waals surface area contributed by atoms with Crippen LogP contribution in [0, 0.1) is 5.41 Å². The van der Waals surface area contributed by atoms with Gasteiger partial charge in [0.25, 0.3) is 0 Å². The molecule has 0 aliphatic carbocycles. The molecule has 2 fully saturated rings. The van der Waals surface area contributed by atoms with E-state index >= 15 is 0 Å². The van der Waals surface area contributed by atoms with Crippen LogP contribution in [0.2, 0.25) is 0 Å². The number of rotatable bonds is 2.